The van der Waals surface area contributed by atoms with Crippen molar-refractivity contribution in [3.05, 3.63) is 0 Å². The highest BCUT2D eigenvalue weighted by Gasteiger charge is 2.55. The summed E-state index contributed by atoms with van der Waals surface area (Å²) in [4.78, 5) is 0.622. The largest absolute Gasteiger partial charge is 0.246 e. The molecule has 7 atom stereocenters. The molecule has 4 rings (SSSR count). The van der Waals surface area contributed by atoms with E-state index >= 15 is 0 Å². The van der Waals surface area contributed by atoms with Crippen LogP contribution in [0, 0.1) is 11.8 Å². The minimum Gasteiger partial charge on any atom is -0.246 e. The minimum absolute atomic E-state index is 0.610. The fraction of sp³-hybridized carbons (Fsp3) is 1.00. The van der Waals surface area contributed by atoms with Crippen LogP contribution in [0.25, 0.3) is 0 Å². The van der Waals surface area contributed by atoms with E-state index in [4.69, 9.17) is 0 Å². The molecule has 4 fully saturated rings. The van der Waals surface area contributed by atoms with Crippen LogP contribution in [0.15, 0.2) is 0 Å². The van der Waals surface area contributed by atoms with Gasteiger partial charge in [-0.2, -0.15) is 3.33 Å². The van der Waals surface area contributed by atoms with Crippen molar-refractivity contribution in [3.8, 4) is 0 Å². The zero-order valence-corrected chi connectivity index (χ0v) is 14.5. The quantitative estimate of drug-likeness (QED) is 0.320. The maximum atomic E-state index is 3.96. The first-order valence-corrected chi connectivity index (χ1v) is 9.65. The SMILES string of the molecule is BrC1CC2NSN(Br)C2C2CCC3NSNC3C12. The molecular weight excluding hydrogens is 400 g/mol. The first-order chi connectivity index (χ1) is 8.75. The van der Waals surface area contributed by atoms with Gasteiger partial charge in [-0.3, -0.25) is 0 Å². The number of fused-ring (bicyclic) bond motifs is 5. The minimum atomic E-state index is 0.610. The molecule has 0 aromatic heterocycles. The van der Waals surface area contributed by atoms with Gasteiger partial charge >= 0.3 is 0 Å². The molecule has 0 aromatic rings. The lowest BCUT2D eigenvalue weighted by Crippen LogP contribution is -2.60. The molecule has 2 heterocycles. The predicted octanol–water partition coefficient (Wildman–Crippen LogP) is 2.19. The summed E-state index contributed by atoms with van der Waals surface area (Å²) in [6, 6.07) is 2.50. The van der Waals surface area contributed by atoms with E-state index in [9.17, 15) is 0 Å². The monoisotopic (exact) mass is 414 g/mol. The number of rotatable bonds is 0. The average Bonchev–Trinajstić information content (AvgIpc) is 2.95. The summed E-state index contributed by atoms with van der Waals surface area (Å²) in [5, 5.41) is 0. The molecule has 0 radical (unpaired) electrons. The van der Waals surface area contributed by atoms with Crippen LogP contribution >= 0.6 is 56.3 Å². The lowest BCUT2D eigenvalue weighted by atomic mass is 9.64. The molecule has 0 spiro atoms. The third-order valence-electron chi connectivity index (χ3n) is 4.83. The van der Waals surface area contributed by atoms with Gasteiger partial charge in [-0.05, 0) is 31.1 Å². The summed E-state index contributed by atoms with van der Waals surface area (Å²) in [6.45, 7) is 0. The Kier molecular flexibility index (Phi) is 3.70. The van der Waals surface area contributed by atoms with Gasteiger partial charge in [-0.1, -0.05) is 15.9 Å². The van der Waals surface area contributed by atoms with Crippen molar-refractivity contribution in [2.24, 2.45) is 11.8 Å². The Balaban J connectivity index is 1.64. The van der Waals surface area contributed by atoms with Crippen LogP contribution in [0.5, 0.6) is 0 Å². The van der Waals surface area contributed by atoms with E-state index in [1.807, 2.05) is 0 Å². The Morgan fingerprint density at radius 3 is 2.89 bits per heavy atom. The second-order valence-corrected chi connectivity index (χ2v) is 9.52. The van der Waals surface area contributed by atoms with Crippen LogP contribution in [-0.2, 0) is 0 Å². The molecule has 8 heteroatoms. The highest BCUT2D eigenvalue weighted by atomic mass is 79.9. The van der Waals surface area contributed by atoms with Gasteiger partial charge < -0.3 is 0 Å². The van der Waals surface area contributed by atoms with E-state index in [0.29, 0.717) is 29.0 Å². The number of alkyl halides is 1. The van der Waals surface area contributed by atoms with Gasteiger partial charge in [-0.15, -0.1) is 0 Å². The first kappa shape index (κ1) is 13.2. The zero-order valence-electron chi connectivity index (χ0n) is 9.68. The zero-order chi connectivity index (χ0) is 12.3. The summed E-state index contributed by atoms with van der Waals surface area (Å²) in [5.41, 5.74) is 0. The molecule has 3 N–H and O–H groups in total. The van der Waals surface area contributed by atoms with Gasteiger partial charge in [0.25, 0.3) is 0 Å². The van der Waals surface area contributed by atoms with E-state index in [1.54, 1.807) is 24.3 Å². The Morgan fingerprint density at radius 1 is 1.11 bits per heavy atom. The maximum Gasteiger partial charge on any atom is 0.0525 e. The van der Waals surface area contributed by atoms with Crippen molar-refractivity contribution < 1.29 is 0 Å². The molecule has 102 valence electrons. The van der Waals surface area contributed by atoms with E-state index in [2.05, 4.69) is 49.6 Å². The molecule has 2 saturated carbocycles. The van der Waals surface area contributed by atoms with Crippen LogP contribution in [0.3, 0.4) is 0 Å². The van der Waals surface area contributed by atoms with E-state index in [-0.39, 0.29) is 0 Å². The van der Waals surface area contributed by atoms with Crippen molar-refractivity contribution in [1.29, 1.82) is 0 Å². The van der Waals surface area contributed by atoms with Crippen LogP contribution < -0.4 is 14.2 Å². The number of hydrogen-bond acceptors (Lipinski definition) is 6. The van der Waals surface area contributed by atoms with Gasteiger partial charge in [-0.25, -0.2) is 14.2 Å². The molecule has 2 aliphatic heterocycles. The molecule has 2 aliphatic carbocycles. The molecular formula is C10H16Br2N4S2. The Morgan fingerprint density at radius 2 is 2.00 bits per heavy atom. The normalized spacial score (nSPS) is 56.0. The highest BCUT2D eigenvalue weighted by molar-refractivity contribution is 9.09. The van der Waals surface area contributed by atoms with Crippen LogP contribution in [0.1, 0.15) is 19.3 Å². The molecule has 0 aromatic carbocycles. The average molecular weight is 416 g/mol. The number of halogens is 2. The number of hydrogen-bond donors (Lipinski definition) is 3. The van der Waals surface area contributed by atoms with Crippen LogP contribution in [0.4, 0.5) is 0 Å². The van der Waals surface area contributed by atoms with Crippen molar-refractivity contribution in [3.63, 3.8) is 0 Å². The predicted molar refractivity (Wildman–Crippen MR) is 84.1 cm³/mol. The highest BCUT2D eigenvalue weighted by Crippen LogP contribution is 2.51. The lowest BCUT2D eigenvalue weighted by molar-refractivity contribution is 0.0857. The lowest BCUT2D eigenvalue weighted by Gasteiger charge is -2.49. The van der Waals surface area contributed by atoms with Gasteiger partial charge in [0.15, 0.2) is 0 Å². The van der Waals surface area contributed by atoms with E-state index in [0.717, 1.165) is 11.8 Å². The second-order valence-electron chi connectivity index (χ2n) is 5.62. The Hall–Kier alpha value is 1.50. The van der Waals surface area contributed by atoms with Crippen molar-refractivity contribution >= 4 is 56.3 Å². The van der Waals surface area contributed by atoms with Gasteiger partial charge in [0.05, 0.1) is 6.04 Å². The Bertz CT molecular complexity index is 350. The number of nitrogens with zero attached hydrogens (tertiary/aromatic N) is 1. The molecule has 2 saturated heterocycles. The van der Waals surface area contributed by atoms with Crippen molar-refractivity contribution in [2.45, 2.75) is 48.3 Å². The first-order valence-electron chi connectivity index (χ1n) is 6.44. The molecule has 4 nitrogen and oxygen atoms in total. The number of nitrogens with one attached hydrogen (secondary N) is 3. The van der Waals surface area contributed by atoms with E-state index in [1.165, 1.54) is 19.3 Å². The second kappa shape index (κ2) is 5.05. The fourth-order valence-electron chi connectivity index (χ4n) is 4.07. The molecule has 18 heavy (non-hydrogen) atoms. The summed E-state index contributed by atoms with van der Waals surface area (Å²) < 4.78 is 12.9. The molecule has 7 unspecified atom stereocenters. The Labute approximate surface area is 133 Å². The van der Waals surface area contributed by atoms with Crippen LogP contribution in [0.2, 0.25) is 0 Å². The van der Waals surface area contributed by atoms with E-state index < -0.39 is 0 Å². The van der Waals surface area contributed by atoms with Crippen molar-refractivity contribution in [1.82, 2.24) is 17.5 Å². The third kappa shape index (κ3) is 1.94. The summed E-state index contributed by atoms with van der Waals surface area (Å²) in [6.07, 6.45) is 3.84. The molecule has 0 bridgehead atoms. The molecule has 4 aliphatic rings. The van der Waals surface area contributed by atoms with Gasteiger partial charge in [0.1, 0.15) is 0 Å². The summed E-state index contributed by atoms with van der Waals surface area (Å²) in [7, 11) is 0. The smallest absolute Gasteiger partial charge is 0.0525 e. The molecule has 0 amide bonds. The topological polar surface area (TPSA) is 39.3 Å². The van der Waals surface area contributed by atoms with Crippen molar-refractivity contribution in [2.75, 3.05) is 0 Å². The standard InChI is InChI=1S/C10H16Br2N4S2/c11-5-3-7-10(16(12)18-14-7)4-1-2-6-9(8(4)5)15-17-13-6/h4-10,13-15H,1-3H2. The fourth-order valence-corrected chi connectivity index (χ4v) is 7.87. The van der Waals surface area contributed by atoms with Crippen LogP contribution in [-0.4, -0.2) is 32.3 Å². The van der Waals surface area contributed by atoms with Gasteiger partial charge in [0, 0.05) is 63.4 Å². The third-order valence-corrected chi connectivity index (χ3v) is 8.36. The van der Waals surface area contributed by atoms with Gasteiger partial charge in [0.2, 0.25) is 0 Å². The summed E-state index contributed by atoms with van der Waals surface area (Å²) in [5.74, 6) is 1.50. The summed E-state index contributed by atoms with van der Waals surface area (Å²) >= 11 is 11.1. The maximum absolute atomic E-state index is 3.96.